The van der Waals surface area contributed by atoms with Gasteiger partial charge in [0.25, 0.3) is 5.91 Å². The van der Waals surface area contributed by atoms with Crippen LogP contribution in [0.15, 0.2) is 29.4 Å². The van der Waals surface area contributed by atoms with Crippen LogP contribution < -0.4 is 9.64 Å². The fraction of sp³-hybridized carbons (Fsp3) is 0.467. The van der Waals surface area contributed by atoms with Crippen LogP contribution in [0, 0.1) is 0 Å². The molecular formula is C15H22N3O3+. The summed E-state index contributed by atoms with van der Waals surface area (Å²) in [5, 5.41) is 3.83. The van der Waals surface area contributed by atoms with Gasteiger partial charge < -0.3 is 19.4 Å². The molecule has 0 saturated carbocycles. The van der Waals surface area contributed by atoms with E-state index < -0.39 is 0 Å². The lowest BCUT2D eigenvalue weighted by Crippen LogP contribution is -3.12. The minimum Gasteiger partial charge on any atom is -0.497 e. The highest BCUT2D eigenvalue weighted by molar-refractivity contribution is 5.80. The average molecular weight is 292 g/mol. The highest BCUT2D eigenvalue weighted by atomic mass is 16.6. The van der Waals surface area contributed by atoms with Crippen LogP contribution >= 0.6 is 0 Å². The number of piperazine rings is 1. The fourth-order valence-electron chi connectivity index (χ4n) is 2.11. The number of quaternary nitrogens is 1. The van der Waals surface area contributed by atoms with Crippen LogP contribution in [0.4, 0.5) is 0 Å². The average Bonchev–Trinajstić information content (AvgIpc) is 2.52. The molecule has 6 heteroatoms. The second kappa shape index (κ2) is 7.64. The Morgan fingerprint density at radius 1 is 1.33 bits per heavy atom. The number of amides is 1. The van der Waals surface area contributed by atoms with E-state index in [-0.39, 0.29) is 12.5 Å². The summed E-state index contributed by atoms with van der Waals surface area (Å²) in [4.78, 5) is 20.3. The Bertz CT molecular complexity index is 479. The molecule has 1 saturated heterocycles. The van der Waals surface area contributed by atoms with Crippen LogP contribution in [0.1, 0.15) is 5.56 Å². The van der Waals surface area contributed by atoms with Gasteiger partial charge in [0.15, 0.2) is 6.61 Å². The van der Waals surface area contributed by atoms with E-state index in [0.717, 1.165) is 37.5 Å². The summed E-state index contributed by atoms with van der Waals surface area (Å²) < 4.78 is 5.07. The number of methoxy groups -OCH3 is 1. The fourth-order valence-corrected chi connectivity index (χ4v) is 2.11. The second-order valence-electron chi connectivity index (χ2n) is 5.12. The summed E-state index contributed by atoms with van der Waals surface area (Å²) in [6.07, 6.45) is 1.58. The van der Waals surface area contributed by atoms with E-state index in [1.807, 2.05) is 29.2 Å². The van der Waals surface area contributed by atoms with Crippen molar-refractivity contribution >= 4 is 12.1 Å². The number of ether oxygens (including phenoxy) is 1. The van der Waals surface area contributed by atoms with E-state index >= 15 is 0 Å². The number of hydrogen-bond donors (Lipinski definition) is 1. The maximum atomic E-state index is 11.9. The highest BCUT2D eigenvalue weighted by Gasteiger charge is 2.21. The quantitative estimate of drug-likeness (QED) is 0.582. The third-order valence-corrected chi connectivity index (χ3v) is 3.55. The predicted molar refractivity (Wildman–Crippen MR) is 79.7 cm³/mol. The van der Waals surface area contributed by atoms with Crippen LogP contribution in [0.5, 0.6) is 5.75 Å². The van der Waals surface area contributed by atoms with E-state index in [1.54, 1.807) is 13.3 Å². The van der Waals surface area contributed by atoms with Crippen molar-refractivity contribution in [3.05, 3.63) is 29.8 Å². The van der Waals surface area contributed by atoms with Crippen LogP contribution in [0.3, 0.4) is 0 Å². The number of benzene rings is 1. The predicted octanol–water partition coefficient (Wildman–Crippen LogP) is -0.597. The first kappa shape index (κ1) is 15.3. The molecule has 114 valence electrons. The molecule has 2 rings (SSSR count). The molecule has 0 aromatic heterocycles. The summed E-state index contributed by atoms with van der Waals surface area (Å²) >= 11 is 0. The third kappa shape index (κ3) is 4.75. The molecule has 21 heavy (non-hydrogen) atoms. The minimum absolute atomic E-state index is 0.00520. The largest absolute Gasteiger partial charge is 0.497 e. The van der Waals surface area contributed by atoms with Crippen molar-refractivity contribution in [3.63, 3.8) is 0 Å². The van der Waals surface area contributed by atoms with Crippen molar-refractivity contribution in [1.29, 1.82) is 0 Å². The molecular weight excluding hydrogens is 270 g/mol. The van der Waals surface area contributed by atoms with Crippen molar-refractivity contribution in [2.75, 3.05) is 46.9 Å². The first-order valence-corrected chi connectivity index (χ1v) is 7.07. The van der Waals surface area contributed by atoms with Gasteiger partial charge in [0.1, 0.15) is 5.75 Å². The normalized spacial score (nSPS) is 16.2. The Balaban J connectivity index is 1.72. The molecule has 0 bridgehead atoms. The lowest BCUT2D eigenvalue weighted by atomic mass is 10.2. The number of oxime groups is 1. The Hall–Kier alpha value is -2.08. The number of nitrogens with zero attached hydrogens (tertiary/aromatic N) is 2. The summed E-state index contributed by atoms with van der Waals surface area (Å²) in [5.74, 6) is 0.787. The summed E-state index contributed by atoms with van der Waals surface area (Å²) in [6, 6.07) is 7.44. The van der Waals surface area contributed by atoms with Gasteiger partial charge in [-0.1, -0.05) is 5.16 Å². The lowest BCUT2D eigenvalue weighted by molar-refractivity contribution is -0.883. The zero-order chi connectivity index (χ0) is 15.1. The van der Waals surface area contributed by atoms with E-state index in [9.17, 15) is 4.79 Å². The Morgan fingerprint density at radius 3 is 2.62 bits per heavy atom. The second-order valence-corrected chi connectivity index (χ2v) is 5.12. The number of likely N-dealkylation sites (N-methyl/N-ethyl adjacent to an activating group) is 1. The van der Waals surface area contributed by atoms with Gasteiger partial charge in [-0.05, 0) is 29.8 Å². The molecule has 1 heterocycles. The van der Waals surface area contributed by atoms with Crippen LogP contribution in [-0.4, -0.2) is 64.0 Å². The molecule has 1 fully saturated rings. The number of rotatable bonds is 5. The molecule has 0 radical (unpaired) electrons. The maximum absolute atomic E-state index is 11.9. The van der Waals surface area contributed by atoms with Gasteiger partial charge in [-0.25, -0.2) is 0 Å². The monoisotopic (exact) mass is 292 g/mol. The van der Waals surface area contributed by atoms with E-state index in [2.05, 4.69) is 12.2 Å². The van der Waals surface area contributed by atoms with Gasteiger partial charge in [-0.2, -0.15) is 0 Å². The number of hydrogen-bond acceptors (Lipinski definition) is 4. The Kier molecular flexibility index (Phi) is 5.57. The van der Waals surface area contributed by atoms with E-state index in [0.29, 0.717) is 0 Å². The molecule has 0 aliphatic carbocycles. The molecule has 0 unspecified atom stereocenters. The summed E-state index contributed by atoms with van der Waals surface area (Å²) in [6.45, 7) is 3.54. The van der Waals surface area contributed by atoms with E-state index in [4.69, 9.17) is 9.57 Å². The molecule has 1 aromatic rings. The maximum Gasteiger partial charge on any atom is 0.263 e. The Labute approximate surface area is 124 Å². The number of carbonyl (C=O) groups excluding carboxylic acids is 1. The van der Waals surface area contributed by atoms with Crippen molar-refractivity contribution in [3.8, 4) is 5.75 Å². The van der Waals surface area contributed by atoms with Gasteiger partial charge in [0, 0.05) is 0 Å². The summed E-state index contributed by atoms with van der Waals surface area (Å²) in [5.41, 5.74) is 0.895. The minimum atomic E-state index is -0.00823. The molecule has 1 aliphatic rings. The molecule has 0 spiro atoms. The molecule has 6 nitrogen and oxygen atoms in total. The van der Waals surface area contributed by atoms with E-state index in [1.165, 1.54) is 4.90 Å². The van der Waals surface area contributed by atoms with Crippen molar-refractivity contribution in [2.45, 2.75) is 0 Å². The smallest absolute Gasteiger partial charge is 0.263 e. The van der Waals surface area contributed by atoms with Crippen molar-refractivity contribution in [1.82, 2.24) is 4.90 Å². The molecule has 1 aromatic carbocycles. The van der Waals surface area contributed by atoms with Crippen LogP contribution in [0.2, 0.25) is 0 Å². The topological polar surface area (TPSA) is 55.6 Å². The number of nitrogens with one attached hydrogen (secondary N) is 1. The highest BCUT2D eigenvalue weighted by Crippen LogP contribution is 2.09. The van der Waals surface area contributed by atoms with Gasteiger partial charge in [-0.3, -0.25) is 4.79 Å². The van der Waals surface area contributed by atoms with Crippen molar-refractivity contribution in [2.24, 2.45) is 5.16 Å². The van der Waals surface area contributed by atoms with Gasteiger partial charge in [-0.15, -0.1) is 0 Å². The standard InChI is InChI=1S/C15H21N3O3/c1-17-7-9-18(10-8-17)15(19)12-21-16-11-13-3-5-14(20-2)6-4-13/h3-6,11H,7-10,12H2,1-2H3/p+1/b16-11-. The molecule has 0 atom stereocenters. The summed E-state index contributed by atoms with van der Waals surface area (Å²) in [7, 11) is 3.76. The third-order valence-electron chi connectivity index (χ3n) is 3.55. The van der Waals surface area contributed by atoms with Gasteiger partial charge in [0.05, 0.1) is 46.6 Å². The van der Waals surface area contributed by atoms with Gasteiger partial charge in [0.2, 0.25) is 0 Å². The molecule has 1 N–H and O–H groups in total. The van der Waals surface area contributed by atoms with Gasteiger partial charge >= 0.3 is 0 Å². The zero-order valence-electron chi connectivity index (χ0n) is 12.5. The van der Waals surface area contributed by atoms with Crippen molar-refractivity contribution < 1.29 is 19.3 Å². The molecule has 1 amide bonds. The van der Waals surface area contributed by atoms with Crippen LogP contribution in [0.25, 0.3) is 0 Å². The SMILES string of the molecule is COc1ccc(/C=N\OCC(=O)N2CC[NH+](C)CC2)cc1. The first-order valence-electron chi connectivity index (χ1n) is 7.07. The first-order chi connectivity index (χ1) is 10.2. The Morgan fingerprint density at radius 2 is 2.00 bits per heavy atom. The molecule has 1 aliphatic heterocycles. The lowest BCUT2D eigenvalue weighted by Gasteiger charge is -2.29. The number of carbonyl (C=O) groups is 1. The van der Waals surface area contributed by atoms with Crippen LogP contribution in [-0.2, 0) is 9.63 Å². The zero-order valence-corrected chi connectivity index (χ0v) is 12.5.